The van der Waals surface area contributed by atoms with Crippen molar-refractivity contribution in [3.05, 3.63) is 0 Å². The second-order valence-corrected chi connectivity index (χ2v) is 3.47. The minimum absolute atomic E-state index is 0.321. The van der Waals surface area contributed by atoms with E-state index >= 15 is 0 Å². The van der Waals surface area contributed by atoms with Gasteiger partial charge in [0.15, 0.2) is 0 Å². The second-order valence-electron chi connectivity index (χ2n) is 2.56. The van der Waals surface area contributed by atoms with E-state index in [1.54, 1.807) is 0 Å². The third-order valence-corrected chi connectivity index (χ3v) is 2.43. The summed E-state index contributed by atoms with van der Waals surface area (Å²) in [5.74, 6) is -0.0875. The summed E-state index contributed by atoms with van der Waals surface area (Å²) in [6.07, 6.45) is 1.91. The molecule has 0 aromatic heterocycles. The van der Waals surface area contributed by atoms with Gasteiger partial charge in [-0.1, -0.05) is 6.92 Å². The first-order valence-corrected chi connectivity index (χ1v) is 5.31. The van der Waals surface area contributed by atoms with E-state index in [0.29, 0.717) is 12.2 Å². The van der Waals surface area contributed by atoms with Crippen LogP contribution < -0.4 is 0 Å². The first kappa shape index (κ1) is 11.8. The van der Waals surface area contributed by atoms with E-state index in [-0.39, 0.29) is 11.9 Å². The van der Waals surface area contributed by atoms with Crippen LogP contribution in [0.4, 0.5) is 0 Å². The van der Waals surface area contributed by atoms with Gasteiger partial charge in [0.1, 0.15) is 0 Å². The summed E-state index contributed by atoms with van der Waals surface area (Å²) in [4.78, 5) is 11.1. The van der Waals surface area contributed by atoms with Crippen molar-refractivity contribution >= 4 is 17.7 Å². The third-order valence-electron chi connectivity index (χ3n) is 1.73. The lowest BCUT2D eigenvalue weighted by atomic mass is 10.0. The van der Waals surface area contributed by atoms with Crippen molar-refractivity contribution < 1.29 is 14.6 Å². The Labute approximate surface area is 77.5 Å². The molecule has 0 heterocycles. The van der Waals surface area contributed by atoms with Crippen LogP contribution in [0.15, 0.2) is 0 Å². The highest BCUT2D eigenvalue weighted by atomic mass is 32.2. The first-order valence-electron chi connectivity index (χ1n) is 3.92. The van der Waals surface area contributed by atoms with Crippen LogP contribution in [0.3, 0.4) is 0 Å². The summed E-state index contributed by atoms with van der Waals surface area (Å²) in [7, 11) is 1.35. The van der Waals surface area contributed by atoms with Crippen molar-refractivity contribution in [3.8, 4) is 0 Å². The zero-order valence-corrected chi connectivity index (χ0v) is 8.56. The van der Waals surface area contributed by atoms with Crippen LogP contribution in [0.25, 0.3) is 0 Å². The molecular weight excluding hydrogens is 176 g/mol. The second kappa shape index (κ2) is 6.31. The number of methoxy groups -OCH3 is 1. The van der Waals surface area contributed by atoms with Crippen LogP contribution in [0.1, 0.15) is 13.3 Å². The van der Waals surface area contributed by atoms with E-state index < -0.39 is 6.10 Å². The van der Waals surface area contributed by atoms with Gasteiger partial charge in [-0.05, 0) is 12.7 Å². The minimum atomic E-state index is -0.579. The molecule has 0 aromatic carbocycles. The van der Waals surface area contributed by atoms with Crippen LogP contribution in [0, 0.1) is 5.92 Å². The molecule has 0 radical (unpaired) electrons. The quantitative estimate of drug-likeness (QED) is 0.658. The molecule has 0 fully saturated rings. The third kappa shape index (κ3) is 3.45. The zero-order valence-electron chi connectivity index (χ0n) is 7.74. The van der Waals surface area contributed by atoms with Crippen LogP contribution in [-0.2, 0) is 9.53 Å². The summed E-state index contributed by atoms with van der Waals surface area (Å²) in [5.41, 5.74) is 0. The number of hydrogen-bond donors (Lipinski definition) is 1. The largest absolute Gasteiger partial charge is 0.469 e. The van der Waals surface area contributed by atoms with E-state index in [1.165, 1.54) is 18.9 Å². The van der Waals surface area contributed by atoms with Crippen LogP contribution >= 0.6 is 11.8 Å². The molecule has 1 N–H and O–H groups in total. The molecule has 72 valence electrons. The maximum atomic E-state index is 11.1. The molecule has 0 aromatic rings. The predicted molar refractivity (Wildman–Crippen MR) is 50.2 cm³/mol. The number of ether oxygens (including phenoxy) is 1. The number of aliphatic hydroxyl groups excluding tert-OH is 1. The summed E-state index contributed by atoms with van der Waals surface area (Å²) < 4.78 is 4.58. The van der Waals surface area contributed by atoms with Crippen LogP contribution in [0.5, 0.6) is 0 Å². The van der Waals surface area contributed by atoms with Crippen LogP contribution in [0.2, 0.25) is 0 Å². The first-order chi connectivity index (χ1) is 5.67. The zero-order chi connectivity index (χ0) is 9.56. The maximum absolute atomic E-state index is 11.1. The molecule has 3 nitrogen and oxygen atoms in total. The summed E-state index contributed by atoms with van der Waals surface area (Å²) in [6.45, 7) is 1.85. The highest BCUT2D eigenvalue weighted by Gasteiger charge is 2.25. The Bertz CT molecular complexity index is 138. The lowest BCUT2D eigenvalue weighted by Crippen LogP contribution is -2.30. The average molecular weight is 192 g/mol. The number of carbonyl (C=O) groups excluding carboxylic acids is 1. The Balaban J connectivity index is 4.11. The number of hydrogen-bond acceptors (Lipinski definition) is 4. The Morgan fingerprint density at radius 1 is 1.67 bits per heavy atom. The molecule has 0 saturated carbocycles. The summed E-state index contributed by atoms with van der Waals surface area (Å²) >= 11 is 1.54. The fourth-order valence-corrected chi connectivity index (χ4v) is 1.67. The van der Waals surface area contributed by atoms with Crippen molar-refractivity contribution in [2.24, 2.45) is 5.92 Å². The lowest BCUT2D eigenvalue weighted by Gasteiger charge is -2.17. The van der Waals surface area contributed by atoms with Crippen molar-refractivity contribution in [3.63, 3.8) is 0 Å². The fraction of sp³-hybridized carbons (Fsp3) is 0.875. The molecule has 0 aliphatic carbocycles. The number of aliphatic hydroxyl groups is 1. The summed E-state index contributed by atoms with van der Waals surface area (Å²) in [5, 5.41) is 9.44. The Morgan fingerprint density at radius 3 is 2.58 bits per heavy atom. The van der Waals surface area contributed by atoms with Gasteiger partial charge in [-0.25, -0.2) is 0 Å². The topological polar surface area (TPSA) is 46.5 Å². The molecule has 0 spiro atoms. The van der Waals surface area contributed by atoms with Gasteiger partial charge in [0, 0.05) is 5.75 Å². The van der Waals surface area contributed by atoms with Gasteiger partial charge in [-0.3, -0.25) is 4.79 Å². The van der Waals surface area contributed by atoms with Gasteiger partial charge in [-0.15, -0.1) is 0 Å². The van der Waals surface area contributed by atoms with Gasteiger partial charge >= 0.3 is 5.97 Å². The van der Waals surface area contributed by atoms with Crippen molar-refractivity contribution in [2.75, 3.05) is 19.1 Å². The van der Waals surface area contributed by atoms with Crippen molar-refractivity contribution in [1.82, 2.24) is 0 Å². The Hall–Kier alpha value is -0.220. The van der Waals surface area contributed by atoms with E-state index in [1.807, 2.05) is 13.2 Å². The van der Waals surface area contributed by atoms with E-state index in [9.17, 15) is 9.90 Å². The molecule has 2 unspecified atom stereocenters. The van der Waals surface area contributed by atoms with Gasteiger partial charge in [0.2, 0.25) is 0 Å². The fourth-order valence-electron chi connectivity index (χ4n) is 0.952. The molecule has 0 aliphatic rings. The monoisotopic (exact) mass is 192 g/mol. The number of esters is 1. The smallest absolute Gasteiger partial charge is 0.312 e. The van der Waals surface area contributed by atoms with Gasteiger partial charge in [-0.2, -0.15) is 11.8 Å². The van der Waals surface area contributed by atoms with Crippen molar-refractivity contribution in [2.45, 2.75) is 19.4 Å². The molecule has 0 bridgehead atoms. The van der Waals surface area contributed by atoms with Gasteiger partial charge in [0.05, 0.1) is 19.1 Å². The van der Waals surface area contributed by atoms with Crippen LogP contribution in [-0.4, -0.2) is 36.3 Å². The minimum Gasteiger partial charge on any atom is -0.469 e. The Kier molecular flexibility index (Phi) is 6.20. The van der Waals surface area contributed by atoms with Crippen molar-refractivity contribution in [1.29, 1.82) is 0 Å². The van der Waals surface area contributed by atoms with E-state index in [2.05, 4.69) is 4.74 Å². The molecule has 0 saturated heterocycles. The molecule has 0 aliphatic heterocycles. The number of rotatable bonds is 5. The standard InChI is InChI=1S/C8H16O3S/c1-4-7(9)6(5-12-3)8(10)11-2/h6-7,9H,4-5H2,1-3H3. The maximum Gasteiger partial charge on any atom is 0.312 e. The average Bonchev–Trinajstić information content (AvgIpc) is 2.11. The SMILES string of the molecule is CCC(O)C(CSC)C(=O)OC. The lowest BCUT2D eigenvalue weighted by molar-refractivity contribution is -0.148. The van der Waals surface area contributed by atoms with Gasteiger partial charge in [0.25, 0.3) is 0 Å². The highest BCUT2D eigenvalue weighted by molar-refractivity contribution is 7.98. The molecular formula is C8H16O3S. The number of carbonyl (C=O) groups is 1. The molecule has 0 amide bonds. The van der Waals surface area contributed by atoms with E-state index in [4.69, 9.17) is 0 Å². The molecule has 12 heavy (non-hydrogen) atoms. The molecule has 2 atom stereocenters. The highest BCUT2D eigenvalue weighted by Crippen LogP contribution is 2.14. The Morgan fingerprint density at radius 2 is 2.25 bits per heavy atom. The normalized spacial score (nSPS) is 15.3. The predicted octanol–water partition coefficient (Wildman–Crippen LogP) is 0.909. The van der Waals surface area contributed by atoms with E-state index in [0.717, 1.165) is 0 Å². The van der Waals surface area contributed by atoms with Gasteiger partial charge < -0.3 is 9.84 Å². The molecule has 0 rings (SSSR count). The summed E-state index contributed by atoms with van der Waals surface area (Å²) in [6, 6.07) is 0. The molecule has 4 heteroatoms. The number of thioether (sulfide) groups is 1.